The minimum Gasteiger partial charge on any atom is -0.380 e. The molecule has 1 aliphatic carbocycles. The number of rotatable bonds is 3. The van der Waals surface area contributed by atoms with Gasteiger partial charge in [0.25, 0.3) is 0 Å². The lowest BCUT2D eigenvalue weighted by atomic mass is 9.69. The fourth-order valence-electron chi connectivity index (χ4n) is 4.98. The fourth-order valence-corrected chi connectivity index (χ4v) is 5.47. The molecule has 0 aromatic heterocycles. The van der Waals surface area contributed by atoms with Crippen LogP contribution in [0.1, 0.15) is 54.9 Å². The predicted octanol–water partition coefficient (Wildman–Crippen LogP) is 5.52. The molecule has 0 radical (unpaired) electrons. The summed E-state index contributed by atoms with van der Waals surface area (Å²) in [5, 5.41) is 12.4. The van der Waals surface area contributed by atoms with Crippen molar-refractivity contribution in [3.05, 3.63) is 68.3 Å². The highest BCUT2D eigenvalue weighted by Crippen LogP contribution is 2.48. The first-order valence-electron chi connectivity index (χ1n) is 10.0. The second-order valence-corrected chi connectivity index (χ2v) is 9.31. The second kappa shape index (κ2) is 7.69. The third-order valence-corrected chi connectivity index (χ3v) is 7.13. The van der Waals surface area contributed by atoms with E-state index in [9.17, 15) is 5.11 Å². The van der Waals surface area contributed by atoms with Crippen molar-refractivity contribution in [3.63, 3.8) is 0 Å². The minimum atomic E-state index is -0.941. The van der Waals surface area contributed by atoms with Gasteiger partial charge < -0.3 is 10.0 Å². The summed E-state index contributed by atoms with van der Waals surface area (Å²) in [4.78, 5) is 2.49. The zero-order chi connectivity index (χ0) is 19.0. The summed E-state index contributed by atoms with van der Waals surface area (Å²) in [6.45, 7) is 3.31. The number of hydrogen-bond acceptors (Lipinski definition) is 2. The van der Waals surface area contributed by atoms with E-state index in [0.717, 1.165) is 41.6 Å². The molecule has 0 amide bonds. The van der Waals surface area contributed by atoms with Gasteiger partial charge >= 0.3 is 0 Å². The maximum absolute atomic E-state index is 12.4. The molecule has 3 heteroatoms. The van der Waals surface area contributed by atoms with E-state index in [1.54, 1.807) is 0 Å². The highest BCUT2D eigenvalue weighted by Gasteiger charge is 2.45. The number of piperidine rings is 1. The predicted molar refractivity (Wildman–Crippen MR) is 122 cm³/mol. The lowest BCUT2D eigenvalue weighted by molar-refractivity contribution is -0.0271. The average molecular weight is 473 g/mol. The first kappa shape index (κ1) is 19.2. The molecule has 142 valence electrons. The van der Waals surface area contributed by atoms with Gasteiger partial charge in [-0.25, -0.2) is 0 Å². The highest BCUT2D eigenvalue weighted by atomic mass is 127. The van der Waals surface area contributed by atoms with Crippen molar-refractivity contribution in [1.29, 1.82) is 0 Å². The summed E-state index contributed by atoms with van der Waals surface area (Å²) in [5.41, 5.74) is 3.47. The zero-order valence-corrected chi connectivity index (χ0v) is 18.3. The van der Waals surface area contributed by atoms with Gasteiger partial charge in [0.05, 0.1) is 0 Å². The van der Waals surface area contributed by atoms with Crippen molar-refractivity contribution in [3.8, 4) is 0 Å². The van der Waals surface area contributed by atoms with Crippen molar-refractivity contribution >= 4 is 34.7 Å². The Morgan fingerprint density at radius 3 is 2.63 bits per heavy atom. The van der Waals surface area contributed by atoms with Crippen LogP contribution in [-0.4, -0.2) is 29.6 Å². The molecule has 1 N–H and O–H groups in total. The molecule has 2 aliphatic rings. The summed E-state index contributed by atoms with van der Waals surface area (Å²) in [6.07, 6.45) is 8.78. The molecule has 0 bridgehead atoms. The lowest BCUT2D eigenvalue weighted by Crippen LogP contribution is -2.48. The molecule has 3 atom stereocenters. The van der Waals surface area contributed by atoms with Crippen LogP contribution in [0.25, 0.3) is 12.2 Å². The lowest BCUT2D eigenvalue weighted by Gasteiger charge is -2.45. The quantitative estimate of drug-likeness (QED) is 0.594. The van der Waals surface area contributed by atoms with Crippen LogP contribution in [0.4, 0.5) is 0 Å². The third kappa shape index (κ3) is 3.39. The maximum Gasteiger partial charge on any atom is 0.119 e. The van der Waals surface area contributed by atoms with Crippen molar-refractivity contribution in [2.75, 3.05) is 13.6 Å². The molecule has 2 aromatic carbocycles. The molecule has 0 saturated carbocycles. The SMILES string of the molecule is CCCC1CC(C2(O)c3ccccc3C=Cc3ccc(I)cc32)CCN1C. The van der Waals surface area contributed by atoms with E-state index in [1.807, 2.05) is 0 Å². The van der Waals surface area contributed by atoms with Crippen molar-refractivity contribution < 1.29 is 5.11 Å². The smallest absolute Gasteiger partial charge is 0.119 e. The van der Waals surface area contributed by atoms with Gasteiger partial charge in [0.15, 0.2) is 0 Å². The first-order valence-corrected chi connectivity index (χ1v) is 11.1. The Morgan fingerprint density at radius 2 is 1.85 bits per heavy atom. The number of aliphatic hydroxyl groups is 1. The summed E-state index contributed by atoms with van der Waals surface area (Å²) >= 11 is 2.36. The molecular weight excluding hydrogens is 445 g/mol. The molecule has 3 unspecified atom stereocenters. The molecule has 0 spiro atoms. The van der Waals surface area contributed by atoms with E-state index in [4.69, 9.17) is 0 Å². The standard InChI is InChI=1S/C24H28INO/c1-3-6-21-15-19(13-14-26(21)2)24(27)22-8-5-4-7-17(22)9-10-18-11-12-20(25)16-23(18)24/h4-5,7-12,16,19,21,27H,3,6,13-15H2,1-2H3. The summed E-state index contributed by atoms with van der Waals surface area (Å²) in [6, 6.07) is 15.4. The van der Waals surface area contributed by atoms with Gasteiger partial charge in [-0.2, -0.15) is 0 Å². The highest BCUT2D eigenvalue weighted by molar-refractivity contribution is 14.1. The number of nitrogens with zero attached hydrogens (tertiary/aromatic N) is 1. The normalized spacial score (nSPS) is 27.7. The van der Waals surface area contributed by atoms with Crippen molar-refractivity contribution in [2.45, 2.75) is 44.2 Å². The molecule has 1 saturated heterocycles. The van der Waals surface area contributed by atoms with E-state index in [-0.39, 0.29) is 5.92 Å². The molecule has 27 heavy (non-hydrogen) atoms. The summed E-state index contributed by atoms with van der Waals surface area (Å²) < 4.78 is 1.18. The first-order chi connectivity index (χ1) is 13.0. The Balaban J connectivity index is 1.87. The minimum absolute atomic E-state index is 0.225. The topological polar surface area (TPSA) is 23.5 Å². The van der Waals surface area contributed by atoms with Crippen LogP contribution in [0.5, 0.6) is 0 Å². The fraction of sp³-hybridized carbons (Fsp3) is 0.417. The van der Waals surface area contributed by atoms with Crippen LogP contribution in [-0.2, 0) is 5.60 Å². The number of likely N-dealkylation sites (tertiary alicyclic amines) is 1. The van der Waals surface area contributed by atoms with Crippen LogP contribution in [0, 0.1) is 9.49 Å². The molecule has 1 fully saturated rings. The van der Waals surface area contributed by atoms with Gasteiger partial charge in [-0.05, 0) is 95.8 Å². The number of benzene rings is 2. The molecule has 2 nitrogen and oxygen atoms in total. The van der Waals surface area contributed by atoms with Crippen LogP contribution < -0.4 is 0 Å². The van der Waals surface area contributed by atoms with Gasteiger partial charge in [0.2, 0.25) is 0 Å². The largest absolute Gasteiger partial charge is 0.380 e. The Kier molecular flexibility index (Phi) is 5.45. The van der Waals surface area contributed by atoms with E-state index < -0.39 is 5.60 Å². The Bertz CT molecular complexity index is 861. The Morgan fingerprint density at radius 1 is 1.11 bits per heavy atom. The molecule has 1 aliphatic heterocycles. The molecule has 1 heterocycles. The van der Waals surface area contributed by atoms with E-state index in [2.05, 4.69) is 96.1 Å². The van der Waals surface area contributed by atoms with Gasteiger partial charge in [-0.1, -0.05) is 55.8 Å². The van der Waals surface area contributed by atoms with Crippen molar-refractivity contribution in [1.82, 2.24) is 4.90 Å². The van der Waals surface area contributed by atoms with E-state index in [1.165, 1.54) is 16.4 Å². The van der Waals surface area contributed by atoms with Gasteiger partial charge in [-0.15, -0.1) is 0 Å². The number of fused-ring (bicyclic) bond motifs is 2. The van der Waals surface area contributed by atoms with Crippen LogP contribution in [0.2, 0.25) is 0 Å². The molecule has 4 rings (SSSR count). The van der Waals surface area contributed by atoms with E-state index >= 15 is 0 Å². The molecule has 2 aromatic rings. The second-order valence-electron chi connectivity index (χ2n) is 8.06. The number of halogens is 1. The van der Waals surface area contributed by atoms with Crippen LogP contribution in [0.15, 0.2) is 42.5 Å². The summed E-state index contributed by atoms with van der Waals surface area (Å²) in [5.74, 6) is 0.225. The van der Waals surface area contributed by atoms with Crippen LogP contribution >= 0.6 is 22.6 Å². The molecular formula is C24H28INO. The Hall–Kier alpha value is -1.17. The Labute approximate surface area is 176 Å². The number of hydrogen-bond donors (Lipinski definition) is 1. The van der Waals surface area contributed by atoms with Crippen molar-refractivity contribution in [2.24, 2.45) is 5.92 Å². The van der Waals surface area contributed by atoms with Crippen LogP contribution in [0.3, 0.4) is 0 Å². The van der Waals surface area contributed by atoms with Gasteiger partial charge in [-0.3, -0.25) is 0 Å². The summed E-state index contributed by atoms with van der Waals surface area (Å²) in [7, 11) is 2.24. The zero-order valence-electron chi connectivity index (χ0n) is 16.2. The van der Waals surface area contributed by atoms with Gasteiger partial charge in [0, 0.05) is 9.61 Å². The van der Waals surface area contributed by atoms with E-state index in [0.29, 0.717) is 6.04 Å². The van der Waals surface area contributed by atoms with Gasteiger partial charge in [0.1, 0.15) is 5.60 Å². The maximum atomic E-state index is 12.4. The average Bonchev–Trinajstić information content (AvgIpc) is 2.80. The monoisotopic (exact) mass is 473 g/mol. The third-order valence-electron chi connectivity index (χ3n) is 6.46.